The smallest absolute Gasteiger partial charge is 0.253 e. The van der Waals surface area contributed by atoms with E-state index in [-0.39, 0.29) is 5.91 Å². The first-order valence-corrected chi connectivity index (χ1v) is 7.90. The molecule has 1 aliphatic heterocycles. The maximum absolute atomic E-state index is 12.6. The molecule has 3 rings (SSSR count). The van der Waals surface area contributed by atoms with Gasteiger partial charge in [0, 0.05) is 24.7 Å². The fourth-order valence-corrected chi connectivity index (χ4v) is 3.02. The Labute approximate surface area is 132 Å². The molecule has 1 fully saturated rings. The number of rotatable bonds is 3. The second-order valence-electron chi connectivity index (χ2n) is 5.82. The molecule has 0 spiro atoms. The summed E-state index contributed by atoms with van der Waals surface area (Å²) in [7, 11) is 1.97. The largest absolute Gasteiger partial charge is 0.337 e. The number of nitrogens with zero attached hydrogens (tertiary/aromatic N) is 1. The predicted octanol–water partition coefficient (Wildman–Crippen LogP) is 3.18. The fraction of sp³-hybridized carbons (Fsp3) is 0.316. The van der Waals surface area contributed by atoms with Crippen molar-refractivity contribution in [2.24, 2.45) is 0 Å². The van der Waals surface area contributed by atoms with Gasteiger partial charge in [0.05, 0.1) is 0 Å². The van der Waals surface area contributed by atoms with Gasteiger partial charge in [-0.3, -0.25) is 4.79 Å². The van der Waals surface area contributed by atoms with Crippen LogP contribution < -0.4 is 5.32 Å². The van der Waals surface area contributed by atoms with Crippen molar-refractivity contribution in [3.05, 3.63) is 60.2 Å². The summed E-state index contributed by atoms with van der Waals surface area (Å²) in [6.07, 6.45) is 2.21. The summed E-state index contributed by atoms with van der Waals surface area (Å²) in [5, 5.41) is 3.28. The van der Waals surface area contributed by atoms with Crippen LogP contribution in [0.1, 0.15) is 23.2 Å². The van der Waals surface area contributed by atoms with E-state index in [1.54, 1.807) is 0 Å². The lowest BCUT2D eigenvalue weighted by molar-refractivity contribution is 0.0698. The Morgan fingerprint density at radius 3 is 2.41 bits per heavy atom. The van der Waals surface area contributed by atoms with Gasteiger partial charge in [-0.15, -0.1) is 0 Å². The summed E-state index contributed by atoms with van der Waals surface area (Å²) in [5.41, 5.74) is 3.09. The van der Waals surface area contributed by atoms with Crippen LogP contribution in [0, 0.1) is 0 Å². The molecule has 114 valence electrons. The average Bonchev–Trinajstić information content (AvgIpc) is 2.62. The Balaban J connectivity index is 1.74. The van der Waals surface area contributed by atoms with Crippen molar-refractivity contribution in [2.75, 3.05) is 20.1 Å². The van der Waals surface area contributed by atoms with E-state index in [2.05, 4.69) is 17.4 Å². The van der Waals surface area contributed by atoms with E-state index in [0.29, 0.717) is 6.04 Å². The Bertz CT molecular complexity index is 622. The molecule has 0 saturated carbocycles. The van der Waals surface area contributed by atoms with E-state index in [4.69, 9.17) is 0 Å². The van der Waals surface area contributed by atoms with E-state index in [1.165, 1.54) is 5.56 Å². The molecule has 0 aliphatic carbocycles. The molecule has 1 atom stereocenters. The number of carbonyl (C=O) groups excluding carboxylic acids is 1. The summed E-state index contributed by atoms with van der Waals surface area (Å²) in [5.74, 6) is 0.138. The minimum Gasteiger partial charge on any atom is -0.337 e. The van der Waals surface area contributed by atoms with Gasteiger partial charge in [0.25, 0.3) is 5.91 Å². The van der Waals surface area contributed by atoms with Crippen molar-refractivity contribution in [1.29, 1.82) is 0 Å². The van der Waals surface area contributed by atoms with Crippen LogP contribution in [-0.2, 0) is 0 Å². The topological polar surface area (TPSA) is 32.3 Å². The van der Waals surface area contributed by atoms with E-state index in [1.807, 2.05) is 54.4 Å². The molecule has 1 amide bonds. The highest BCUT2D eigenvalue weighted by atomic mass is 16.2. The number of benzene rings is 2. The van der Waals surface area contributed by atoms with Crippen LogP contribution in [0.5, 0.6) is 0 Å². The molecular formula is C19H22N2O. The summed E-state index contributed by atoms with van der Waals surface area (Å²) in [6, 6.07) is 18.6. The zero-order valence-electron chi connectivity index (χ0n) is 13.0. The lowest BCUT2D eigenvalue weighted by Gasteiger charge is -2.32. The van der Waals surface area contributed by atoms with Gasteiger partial charge in [0.15, 0.2) is 0 Å². The standard InChI is InChI=1S/C19H22N2O/c1-20-18-8-5-13-21(14-18)19(22)17-11-9-16(10-12-17)15-6-3-2-4-7-15/h2-4,6-7,9-12,18,20H,5,8,13-14H2,1H3. The van der Waals surface area contributed by atoms with Crippen LogP contribution in [0.15, 0.2) is 54.6 Å². The molecule has 1 saturated heterocycles. The molecule has 0 bridgehead atoms. The first kappa shape index (κ1) is 14.8. The van der Waals surface area contributed by atoms with Crippen LogP contribution in [0.4, 0.5) is 0 Å². The third-order valence-corrected chi connectivity index (χ3v) is 4.36. The molecule has 1 N–H and O–H groups in total. The van der Waals surface area contributed by atoms with Gasteiger partial charge in [-0.2, -0.15) is 0 Å². The second kappa shape index (κ2) is 6.75. The first-order valence-electron chi connectivity index (χ1n) is 7.90. The van der Waals surface area contributed by atoms with Crippen LogP contribution in [-0.4, -0.2) is 37.0 Å². The maximum atomic E-state index is 12.6. The zero-order chi connectivity index (χ0) is 15.4. The first-order chi connectivity index (χ1) is 10.8. The van der Waals surface area contributed by atoms with Crippen molar-refractivity contribution < 1.29 is 4.79 Å². The molecule has 2 aromatic carbocycles. The average molecular weight is 294 g/mol. The number of piperidine rings is 1. The monoisotopic (exact) mass is 294 g/mol. The molecule has 0 radical (unpaired) electrons. The van der Waals surface area contributed by atoms with Gasteiger partial charge in [-0.25, -0.2) is 0 Å². The molecule has 22 heavy (non-hydrogen) atoms. The van der Waals surface area contributed by atoms with Crippen LogP contribution in [0.2, 0.25) is 0 Å². The number of likely N-dealkylation sites (tertiary alicyclic amines) is 1. The Morgan fingerprint density at radius 2 is 1.73 bits per heavy atom. The van der Waals surface area contributed by atoms with Gasteiger partial charge in [0.2, 0.25) is 0 Å². The summed E-state index contributed by atoms with van der Waals surface area (Å²) in [6.45, 7) is 1.66. The van der Waals surface area contributed by atoms with Crippen molar-refractivity contribution in [1.82, 2.24) is 10.2 Å². The highest BCUT2D eigenvalue weighted by Gasteiger charge is 2.23. The molecule has 3 nitrogen and oxygen atoms in total. The molecular weight excluding hydrogens is 272 g/mol. The molecule has 3 heteroatoms. The van der Waals surface area contributed by atoms with Crippen molar-refractivity contribution in [2.45, 2.75) is 18.9 Å². The van der Waals surface area contributed by atoms with Gasteiger partial charge in [-0.05, 0) is 43.1 Å². The maximum Gasteiger partial charge on any atom is 0.253 e. The number of likely N-dealkylation sites (N-methyl/N-ethyl adjacent to an activating group) is 1. The quantitative estimate of drug-likeness (QED) is 0.943. The third kappa shape index (κ3) is 3.20. The summed E-state index contributed by atoms with van der Waals surface area (Å²) < 4.78 is 0. The molecule has 1 heterocycles. The van der Waals surface area contributed by atoms with Crippen molar-refractivity contribution in [3.8, 4) is 11.1 Å². The van der Waals surface area contributed by atoms with Gasteiger partial charge in [-0.1, -0.05) is 42.5 Å². The van der Waals surface area contributed by atoms with E-state index in [0.717, 1.165) is 37.1 Å². The van der Waals surface area contributed by atoms with Crippen molar-refractivity contribution >= 4 is 5.91 Å². The number of hydrogen-bond donors (Lipinski definition) is 1. The molecule has 2 aromatic rings. The SMILES string of the molecule is CNC1CCCN(C(=O)c2ccc(-c3ccccc3)cc2)C1. The number of hydrogen-bond acceptors (Lipinski definition) is 2. The lowest BCUT2D eigenvalue weighted by Crippen LogP contribution is -2.46. The van der Waals surface area contributed by atoms with E-state index in [9.17, 15) is 4.79 Å². The molecule has 1 aliphatic rings. The van der Waals surface area contributed by atoms with Gasteiger partial charge in [0.1, 0.15) is 0 Å². The third-order valence-electron chi connectivity index (χ3n) is 4.36. The highest BCUT2D eigenvalue weighted by Crippen LogP contribution is 2.20. The normalized spacial score (nSPS) is 18.2. The van der Waals surface area contributed by atoms with Gasteiger partial charge >= 0.3 is 0 Å². The van der Waals surface area contributed by atoms with E-state index < -0.39 is 0 Å². The minimum atomic E-state index is 0.138. The lowest BCUT2D eigenvalue weighted by atomic mass is 10.0. The summed E-state index contributed by atoms with van der Waals surface area (Å²) in [4.78, 5) is 14.6. The Kier molecular flexibility index (Phi) is 4.54. The number of carbonyl (C=O) groups is 1. The van der Waals surface area contributed by atoms with Crippen LogP contribution >= 0.6 is 0 Å². The van der Waals surface area contributed by atoms with Crippen LogP contribution in [0.25, 0.3) is 11.1 Å². The molecule has 0 aromatic heterocycles. The second-order valence-corrected chi connectivity index (χ2v) is 5.82. The number of amides is 1. The minimum absolute atomic E-state index is 0.138. The number of nitrogens with one attached hydrogen (secondary N) is 1. The van der Waals surface area contributed by atoms with Gasteiger partial charge < -0.3 is 10.2 Å². The zero-order valence-corrected chi connectivity index (χ0v) is 13.0. The van der Waals surface area contributed by atoms with Crippen LogP contribution in [0.3, 0.4) is 0 Å². The highest BCUT2D eigenvalue weighted by molar-refractivity contribution is 5.94. The van der Waals surface area contributed by atoms with E-state index >= 15 is 0 Å². The Morgan fingerprint density at radius 1 is 1.05 bits per heavy atom. The fourth-order valence-electron chi connectivity index (χ4n) is 3.02. The Hall–Kier alpha value is -2.13. The van der Waals surface area contributed by atoms with Crippen molar-refractivity contribution in [3.63, 3.8) is 0 Å². The molecule has 1 unspecified atom stereocenters. The predicted molar refractivity (Wildman–Crippen MR) is 89.9 cm³/mol. The summed E-state index contributed by atoms with van der Waals surface area (Å²) >= 11 is 0.